The quantitative estimate of drug-likeness (QED) is 0.589. The average Bonchev–Trinajstić information content (AvgIpc) is 2.45. The van der Waals surface area contributed by atoms with Crippen molar-refractivity contribution in [2.45, 2.75) is 85.2 Å². The maximum absolute atomic E-state index is 6.27. The summed E-state index contributed by atoms with van der Waals surface area (Å²) in [5.74, 6) is 0. The standard InChI is InChI=1S/C20H37BO3Si/c1-16(2)23-21(24-17(3)4)19-12-10-18(11-13-19)14-15-22-25(8,9)20(5,6)7/h10-13,16-17H,14-15H2,1-9H3. The van der Waals surface area contributed by atoms with E-state index >= 15 is 0 Å². The lowest BCUT2D eigenvalue weighted by Gasteiger charge is -2.36. The maximum atomic E-state index is 6.27. The Morgan fingerprint density at radius 1 is 0.920 bits per heavy atom. The third kappa shape index (κ3) is 7.65. The highest BCUT2D eigenvalue weighted by molar-refractivity contribution is 6.74. The molecule has 0 aromatic heterocycles. The maximum Gasteiger partial charge on any atom is 0.494 e. The fourth-order valence-electron chi connectivity index (χ4n) is 2.17. The summed E-state index contributed by atoms with van der Waals surface area (Å²) < 4.78 is 18.1. The molecular formula is C20H37BO3Si. The van der Waals surface area contributed by atoms with Gasteiger partial charge in [-0.2, -0.15) is 0 Å². The third-order valence-electron chi connectivity index (χ3n) is 4.70. The van der Waals surface area contributed by atoms with Crippen LogP contribution in [0.5, 0.6) is 0 Å². The van der Waals surface area contributed by atoms with E-state index in [1.165, 1.54) is 5.56 Å². The van der Waals surface area contributed by atoms with E-state index in [-0.39, 0.29) is 24.4 Å². The van der Waals surface area contributed by atoms with Gasteiger partial charge in [-0.1, -0.05) is 45.0 Å². The molecule has 0 bridgehead atoms. The highest BCUT2D eigenvalue weighted by atomic mass is 28.4. The van der Waals surface area contributed by atoms with Gasteiger partial charge in [0.15, 0.2) is 8.32 Å². The molecule has 5 heteroatoms. The Labute approximate surface area is 156 Å². The first-order chi connectivity index (χ1) is 11.4. The van der Waals surface area contributed by atoms with Crippen molar-refractivity contribution in [3.8, 4) is 0 Å². The number of hydrogen-bond acceptors (Lipinski definition) is 3. The van der Waals surface area contributed by atoms with Gasteiger partial charge in [0, 0.05) is 18.8 Å². The van der Waals surface area contributed by atoms with Crippen LogP contribution < -0.4 is 5.46 Å². The predicted octanol–water partition coefficient (Wildman–Crippen LogP) is 4.80. The van der Waals surface area contributed by atoms with Crippen LogP contribution >= 0.6 is 0 Å². The predicted molar refractivity (Wildman–Crippen MR) is 111 cm³/mol. The van der Waals surface area contributed by atoms with E-state index < -0.39 is 8.32 Å². The summed E-state index contributed by atoms with van der Waals surface area (Å²) in [4.78, 5) is 0. The van der Waals surface area contributed by atoms with E-state index in [4.69, 9.17) is 13.7 Å². The van der Waals surface area contributed by atoms with Gasteiger partial charge in [-0.3, -0.25) is 0 Å². The number of hydrogen-bond donors (Lipinski definition) is 0. The smallest absolute Gasteiger partial charge is 0.416 e. The van der Waals surface area contributed by atoms with Crippen LogP contribution in [0.4, 0.5) is 0 Å². The van der Waals surface area contributed by atoms with Gasteiger partial charge in [0.05, 0.1) is 0 Å². The second-order valence-electron chi connectivity index (χ2n) is 8.80. The second-order valence-corrected chi connectivity index (χ2v) is 13.6. The van der Waals surface area contributed by atoms with E-state index in [1.807, 2.05) is 27.7 Å². The Morgan fingerprint density at radius 2 is 1.40 bits per heavy atom. The van der Waals surface area contributed by atoms with Gasteiger partial charge in [0.1, 0.15) is 0 Å². The Morgan fingerprint density at radius 3 is 1.80 bits per heavy atom. The molecule has 0 radical (unpaired) electrons. The molecule has 0 spiro atoms. The fourth-order valence-corrected chi connectivity index (χ4v) is 3.21. The van der Waals surface area contributed by atoms with Crippen LogP contribution in [-0.2, 0) is 20.2 Å². The van der Waals surface area contributed by atoms with Gasteiger partial charge in [0.25, 0.3) is 0 Å². The minimum absolute atomic E-state index is 0.126. The SMILES string of the molecule is CC(C)OB(OC(C)C)c1ccc(CCO[Si](C)(C)C(C)(C)C)cc1. The molecular weight excluding hydrogens is 327 g/mol. The van der Waals surface area contributed by atoms with Gasteiger partial charge < -0.3 is 13.7 Å². The first kappa shape index (κ1) is 22.4. The lowest BCUT2D eigenvalue weighted by atomic mass is 9.77. The second kappa shape index (κ2) is 9.36. The largest absolute Gasteiger partial charge is 0.494 e. The summed E-state index contributed by atoms with van der Waals surface area (Å²) in [5.41, 5.74) is 2.35. The van der Waals surface area contributed by atoms with Gasteiger partial charge in [0.2, 0.25) is 0 Å². The zero-order valence-corrected chi connectivity index (χ0v) is 18.7. The summed E-state index contributed by atoms with van der Waals surface area (Å²) in [5, 5.41) is 0.256. The fraction of sp³-hybridized carbons (Fsp3) is 0.700. The minimum atomic E-state index is -1.66. The molecule has 0 unspecified atom stereocenters. The molecule has 3 nitrogen and oxygen atoms in total. The zero-order chi connectivity index (χ0) is 19.3. The monoisotopic (exact) mass is 364 g/mol. The van der Waals surface area contributed by atoms with Gasteiger partial charge in [-0.25, -0.2) is 0 Å². The van der Waals surface area contributed by atoms with E-state index in [2.05, 4.69) is 58.1 Å². The van der Waals surface area contributed by atoms with E-state index in [1.54, 1.807) is 0 Å². The molecule has 25 heavy (non-hydrogen) atoms. The molecule has 0 fully saturated rings. The molecule has 0 saturated carbocycles. The molecule has 0 heterocycles. The zero-order valence-electron chi connectivity index (χ0n) is 17.7. The van der Waals surface area contributed by atoms with Gasteiger partial charge in [-0.15, -0.1) is 0 Å². The van der Waals surface area contributed by atoms with E-state index in [9.17, 15) is 0 Å². The molecule has 0 saturated heterocycles. The number of benzene rings is 1. The molecule has 0 atom stereocenters. The summed E-state index contributed by atoms with van der Waals surface area (Å²) in [6.45, 7) is 20.3. The van der Waals surface area contributed by atoms with Crippen molar-refractivity contribution >= 4 is 20.9 Å². The molecule has 1 rings (SSSR count). The lowest BCUT2D eigenvalue weighted by molar-refractivity contribution is 0.139. The highest BCUT2D eigenvalue weighted by Gasteiger charge is 2.36. The molecule has 142 valence electrons. The summed E-state index contributed by atoms with van der Waals surface area (Å²) in [6, 6.07) is 8.53. The van der Waals surface area contributed by atoms with Crippen LogP contribution in [0.1, 0.15) is 54.0 Å². The first-order valence-electron chi connectivity index (χ1n) is 9.46. The Balaban J connectivity index is 2.65. The molecule has 0 aliphatic rings. The van der Waals surface area contributed by atoms with E-state index in [0.29, 0.717) is 0 Å². The molecule has 0 aliphatic carbocycles. The Kier molecular flexibility index (Phi) is 8.39. The van der Waals surface area contributed by atoms with Crippen molar-refractivity contribution in [3.05, 3.63) is 29.8 Å². The van der Waals surface area contributed by atoms with Crippen LogP contribution in [0, 0.1) is 0 Å². The van der Waals surface area contributed by atoms with Crippen LogP contribution in [0.15, 0.2) is 24.3 Å². The van der Waals surface area contributed by atoms with Crippen molar-refractivity contribution in [2.75, 3.05) is 6.61 Å². The van der Waals surface area contributed by atoms with Crippen LogP contribution in [0.2, 0.25) is 18.1 Å². The van der Waals surface area contributed by atoms with Crippen LogP contribution in [-0.4, -0.2) is 34.3 Å². The molecule has 0 amide bonds. The minimum Gasteiger partial charge on any atom is -0.416 e. The van der Waals surface area contributed by atoms with Gasteiger partial charge in [-0.05, 0) is 63.3 Å². The van der Waals surface area contributed by atoms with Crippen LogP contribution in [0.3, 0.4) is 0 Å². The average molecular weight is 364 g/mol. The Hall–Kier alpha value is -0.618. The molecule has 0 N–H and O–H groups in total. The van der Waals surface area contributed by atoms with Crippen molar-refractivity contribution in [3.63, 3.8) is 0 Å². The highest BCUT2D eigenvalue weighted by Crippen LogP contribution is 2.36. The molecule has 1 aromatic carbocycles. The summed E-state index contributed by atoms with van der Waals surface area (Å²) in [6.07, 6.45) is 1.19. The third-order valence-corrected chi connectivity index (χ3v) is 9.24. The van der Waals surface area contributed by atoms with Crippen LogP contribution in [0.25, 0.3) is 0 Å². The Bertz CT molecular complexity index is 497. The first-order valence-corrected chi connectivity index (χ1v) is 12.4. The van der Waals surface area contributed by atoms with Crippen molar-refractivity contribution in [2.24, 2.45) is 0 Å². The van der Waals surface area contributed by atoms with Crippen molar-refractivity contribution < 1.29 is 13.7 Å². The van der Waals surface area contributed by atoms with Crippen molar-refractivity contribution in [1.82, 2.24) is 0 Å². The normalized spacial score (nSPS) is 12.9. The summed E-state index contributed by atoms with van der Waals surface area (Å²) in [7, 11) is -1.97. The number of rotatable bonds is 9. The molecule has 1 aromatic rings. The van der Waals surface area contributed by atoms with E-state index in [0.717, 1.165) is 18.5 Å². The molecule has 0 aliphatic heterocycles. The topological polar surface area (TPSA) is 27.7 Å². The summed E-state index contributed by atoms with van der Waals surface area (Å²) >= 11 is 0. The van der Waals surface area contributed by atoms with Crippen molar-refractivity contribution in [1.29, 1.82) is 0 Å². The van der Waals surface area contributed by atoms with Gasteiger partial charge >= 0.3 is 7.12 Å². The lowest BCUT2D eigenvalue weighted by Crippen LogP contribution is -2.41.